The highest BCUT2D eigenvalue weighted by Crippen LogP contribution is 2.17. The predicted octanol–water partition coefficient (Wildman–Crippen LogP) is 2.95. The summed E-state index contributed by atoms with van der Waals surface area (Å²) in [5, 5.41) is 6.25. The Morgan fingerprint density at radius 1 is 1.31 bits per heavy atom. The molecule has 0 radical (unpaired) electrons. The van der Waals surface area contributed by atoms with Gasteiger partial charge < -0.3 is 19.6 Å². The van der Waals surface area contributed by atoms with Gasteiger partial charge in [0.1, 0.15) is 11.6 Å². The minimum absolute atomic E-state index is 0.282. The van der Waals surface area contributed by atoms with Gasteiger partial charge in [-0.1, -0.05) is 24.2 Å². The molecule has 0 aliphatic rings. The van der Waals surface area contributed by atoms with Crippen LogP contribution in [0.1, 0.15) is 29.5 Å². The van der Waals surface area contributed by atoms with Gasteiger partial charge in [-0.2, -0.15) is 0 Å². The van der Waals surface area contributed by atoms with Crippen LogP contribution in [0, 0.1) is 6.92 Å². The van der Waals surface area contributed by atoms with Crippen LogP contribution in [0.3, 0.4) is 0 Å². The first kappa shape index (κ1) is 17.4. The SMILES string of the molecule is CCC(OC(=O)c1ccc(-c2ncc[nH]2)cc1)C(=O)Nc1cc(C)on1. The predicted molar refractivity (Wildman–Crippen MR) is 93.4 cm³/mol. The maximum Gasteiger partial charge on any atom is 0.338 e. The Balaban J connectivity index is 1.64. The Hall–Kier alpha value is -3.42. The third-order valence-corrected chi connectivity index (χ3v) is 3.68. The lowest BCUT2D eigenvalue weighted by Crippen LogP contribution is -2.32. The smallest absolute Gasteiger partial charge is 0.338 e. The average Bonchev–Trinajstić information content (AvgIpc) is 3.31. The maximum absolute atomic E-state index is 12.3. The molecule has 3 rings (SSSR count). The first-order chi connectivity index (χ1) is 12.6. The molecule has 0 aliphatic heterocycles. The molecular weight excluding hydrogens is 336 g/mol. The van der Waals surface area contributed by atoms with E-state index >= 15 is 0 Å². The van der Waals surface area contributed by atoms with Crippen LogP contribution in [0.25, 0.3) is 11.4 Å². The highest BCUT2D eigenvalue weighted by molar-refractivity contribution is 5.97. The number of esters is 1. The summed E-state index contributed by atoms with van der Waals surface area (Å²) < 4.78 is 10.2. The number of nitrogens with zero attached hydrogens (tertiary/aromatic N) is 2. The van der Waals surface area contributed by atoms with E-state index in [1.165, 1.54) is 0 Å². The number of nitrogens with one attached hydrogen (secondary N) is 2. The molecule has 0 spiro atoms. The number of aryl methyl sites for hydroxylation is 1. The fourth-order valence-corrected chi connectivity index (χ4v) is 2.34. The third-order valence-electron chi connectivity index (χ3n) is 3.68. The zero-order valence-corrected chi connectivity index (χ0v) is 14.4. The van der Waals surface area contributed by atoms with Crippen molar-refractivity contribution in [1.82, 2.24) is 15.1 Å². The highest BCUT2D eigenvalue weighted by atomic mass is 16.5. The van der Waals surface area contributed by atoms with E-state index in [2.05, 4.69) is 20.4 Å². The lowest BCUT2D eigenvalue weighted by molar-refractivity contribution is -0.124. The van der Waals surface area contributed by atoms with Gasteiger partial charge in [-0.15, -0.1) is 0 Å². The summed E-state index contributed by atoms with van der Waals surface area (Å²) in [6.07, 6.45) is 2.78. The molecule has 8 nitrogen and oxygen atoms in total. The van der Waals surface area contributed by atoms with Crippen molar-refractivity contribution in [1.29, 1.82) is 0 Å². The van der Waals surface area contributed by atoms with Crippen molar-refractivity contribution < 1.29 is 18.8 Å². The summed E-state index contributed by atoms with van der Waals surface area (Å²) in [7, 11) is 0. The van der Waals surface area contributed by atoms with E-state index < -0.39 is 18.0 Å². The molecule has 0 saturated carbocycles. The minimum atomic E-state index is -0.927. The number of aromatic amines is 1. The van der Waals surface area contributed by atoms with Crippen LogP contribution in [0.4, 0.5) is 5.82 Å². The molecule has 26 heavy (non-hydrogen) atoms. The van der Waals surface area contributed by atoms with E-state index in [1.54, 1.807) is 56.6 Å². The number of carbonyl (C=O) groups is 2. The number of amides is 1. The van der Waals surface area contributed by atoms with Crippen molar-refractivity contribution in [3.63, 3.8) is 0 Å². The lowest BCUT2D eigenvalue weighted by Gasteiger charge is -2.15. The molecule has 2 heterocycles. The molecule has 2 N–H and O–H groups in total. The van der Waals surface area contributed by atoms with Crippen LogP contribution >= 0.6 is 0 Å². The van der Waals surface area contributed by atoms with E-state index in [1.807, 2.05) is 0 Å². The highest BCUT2D eigenvalue weighted by Gasteiger charge is 2.23. The number of aromatic nitrogens is 3. The molecule has 2 aromatic heterocycles. The molecule has 0 bridgehead atoms. The summed E-state index contributed by atoms with van der Waals surface area (Å²) in [6.45, 7) is 3.47. The molecule has 3 aromatic rings. The number of rotatable bonds is 6. The number of hydrogen-bond donors (Lipinski definition) is 2. The largest absolute Gasteiger partial charge is 0.449 e. The summed E-state index contributed by atoms with van der Waals surface area (Å²) in [6, 6.07) is 8.36. The fraction of sp³-hybridized carbons (Fsp3) is 0.222. The van der Waals surface area contributed by atoms with Crippen LogP contribution in [0.2, 0.25) is 0 Å². The molecule has 8 heteroatoms. The van der Waals surface area contributed by atoms with Crippen molar-refractivity contribution in [3.05, 3.63) is 54.0 Å². The number of anilines is 1. The Kier molecular flexibility index (Phi) is 5.12. The fourth-order valence-electron chi connectivity index (χ4n) is 2.34. The minimum Gasteiger partial charge on any atom is -0.449 e. The summed E-state index contributed by atoms with van der Waals surface area (Å²) in [5.74, 6) is 0.529. The van der Waals surface area contributed by atoms with Crippen LogP contribution in [0.15, 0.2) is 47.2 Å². The Morgan fingerprint density at radius 2 is 2.08 bits per heavy atom. The van der Waals surface area contributed by atoms with Crippen LogP contribution in [0.5, 0.6) is 0 Å². The number of carbonyl (C=O) groups excluding carboxylic acids is 2. The third kappa shape index (κ3) is 3.97. The normalized spacial score (nSPS) is 11.8. The first-order valence-corrected chi connectivity index (χ1v) is 8.11. The van der Waals surface area contributed by atoms with Gasteiger partial charge in [0.05, 0.1) is 5.56 Å². The van der Waals surface area contributed by atoms with Gasteiger partial charge in [0.15, 0.2) is 11.9 Å². The van der Waals surface area contributed by atoms with E-state index in [0.717, 1.165) is 5.56 Å². The zero-order chi connectivity index (χ0) is 18.5. The summed E-state index contributed by atoms with van der Waals surface area (Å²) in [4.78, 5) is 31.7. The number of ether oxygens (including phenoxy) is 1. The quantitative estimate of drug-likeness (QED) is 0.659. The van der Waals surface area contributed by atoms with Gasteiger partial charge in [0.25, 0.3) is 5.91 Å². The number of H-pyrrole nitrogens is 1. The average molecular weight is 354 g/mol. The van der Waals surface area contributed by atoms with E-state index in [9.17, 15) is 9.59 Å². The molecular formula is C18H18N4O4. The Bertz CT molecular complexity index is 884. The van der Waals surface area contributed by atoms with Crippen molar-refractivity contribution in [3.8, 4) is 11.4 Å². The number of imidazole rings is 1. The number of benzene rings is 1. The first-order valence-electron chi connectivity index (χ1n) is 8.11. The molecule has 1 aromatic carbocycles. The molecule has 1 amide bonds. The zero-order valence-electron chi connectivity index (χ0n) is 14.4. The Labute approximate surface area is 149 Å². The van der Waals surface area contributed by atoms with E-state index in [0.29, 0.717) is 23.6 Å². The van der Waals surface area contributed by atoms with Gasteiger partial charge in [0.2, 0.25) is 0 Å². The second-order valence-corrected chi connectivity index (χ2v) is 5.63. The maximum atomic E-state index is 12.3. The van der Waals surface area contributed by atoms with Gasteiger partial charge in [-0.3, -0.25) is 4.79 Å². The van der Waals surface area contributed by atoms with Gasteiger partial charge >= 0.3 is 5.97 Å². The molecule has 1 unspecified atom stereocenters. The molecule has 0 aliphatic carbocycles. The van der Waals surface area contributed by atoms with Crippen molar-refractivity contribution >= 4 is 17.7 Å². The molecule has 0 saturated heterocycles. The topological polar surface area (TPSA) is 110 Å². The second kappa shape index (κ2) is 7.64. The summed E-state index contributed by atoms with van der Waals surface area (Å²) >= 11 is 0. The van der Waals surface area contributed by atoms with Gasteiger partial charge in [-0.05, 0) is 25.5 Å². The summed E-state index contributed by atoms with van der Waals surface area (Å²) in [5.41, 5.74) is 1.20. The van der Waals surface area contributed by atoms with Crippen molar-refractivity contribution in [2.24, 2.45) is 0 Å². The van der Waals surface area contributed by atoms with Crippen LogP contribution in [-0.2, 0) is 9.53 Å². The van der Waals surface area contributed by atoms with E-state index in [4.69, 9.17) is 9.26 Å². The van der Waals surface area contributed by atoms with E-state index in [-0.39, 0.29) is 5.82 Å². The standard InChI is InChI=1S/C18H18N4O4/c1-3-14(17(23)21-15-10-11(2)26-22-15)25-18(24)13-6-4-12(5-7-13)16-19-8-9-20-16/h4-10,14H,3H2,1-2H3,(H,19,20)(H,21,22,23). The van der Waals surface area contributed by atoms with Gasteiger partial charge in [0, 0.05) is 24.0 Å². The molecule has 0 fully saturated rings. The number of hydrogen-bond acceptors (Lipinski definition) is 6. The monoisotopic (exact) mass is 354 g/mol. The molecule has 134 valence electrons. The second-order valence-electron chi connectivity index (χ2n) is 5.63. The van der Waals surface area contributed by atoms with Crippen LogP contribution in [-0.4, -0.2) is 33.1 Å². The Morgan fingerprint density at radius 3 is 2.65 bits per heavy atom. The van der Waals surface area contributed by atoms with Gasteiger partial charge in [-0.25, -0.2) is 9.78 Å². The molecule has 1 atom stereocenters. The van der Waals surface area contributed by atoms with Crippen molar-refractivity contribution in [2.75, 3.05) is 5.32 Å². The van der Waals surface area contributed by atoms with Crippen LogP contribution < -0.4 is 5.32 Å². The van der Waals surface area contributed by atoms with Crippen molar-refractivity contribution in [2.45, 2.75) is 26.4 Å². The lowest BCUT2D eigenvalue weighted by atomic mass is 10.1.